The summed E-state index contributed by atoms with van der Waals surface area (Å²) in [5.74, 6) is 0.0744. The van der Waals surface area contributed by atoms with Gasteiger partial charge in [0.05, 0.1) is 0 Å². The van der Waals surface area contributed by atoms with E-state index in [0.29, 0.717) is 6.42 Å². The number of carboxylic acids is 1. The van der Waals surface area contributed by atoms with E-state index in [9.17, 15) is 4.79 Å². The zero-order chi connectivity index (χ0) is 11.8. The second-order valence-corrected chi connectivity index (χ2v) is 4.67. The molecule has 1 heterocycles. The minimum atomic E-state index is -0.688. The summed E-state index contributed by atoms with van der Waals surface area (Å²) in [4.78, 5) is 12.7. The Morgan fingerprint density at radius 3 is 2.69 bits per heavy atom. The lowest BCUT2D eigenvalue weighted by atomic mass is 10.00. The molecule has 4 nitrogen and oxygen atoms in total. The third kappa shape index (κ3) is 6.08. The lowest BCUT2D eigenvalue weighted by Crippen LogP contribution is -2.30. The van der Waals surface area contributed by atoms with E-state index in [1.807, 2.05) is 0 Å². The molecule has 0 radical (unpaired) electrons. The van der Waals surface area contributed by atoms with Crippen molar-refractivity contribution in [3.8, 4) is 0 Å². The van der Waals surface area contributed by atoms with Gasteiger partial charge in [-0.05, 0) is 45.2 Å². The molecule has 0 aliphatic carbocycles. The van der Waals surface area contributed by atoms with E-state index in [0.717, 1.165) is 45.1 Å². The van der Waals surface area contributed by atoms with Gasteiger partial charge < -0.3 is 14.7 Å². The number of hydrogen-bond donors (Lipinski definition) is 1. The molecule has 0 atom stereocenters. The maximum Gasteiger partial charge on any atom is 0.303 e. The van der Waals surface area contributed by atoms with Gasteiger partial charge in [-0.15, -0.1) is 0 Å². The quantitative estimate of drug-likeness (QED) is 0.674. The monoisotopic (exact) mass is 229 g/mol. The summed E-state index contributed by atoms with van der Waals surface area (Å²) in [6.07, 6.45) is 4.39. The Labute approximate surface area is 97.6 Å². The Kier molecular flexibility index (Phi) is 6.42. The number of hydrogen-bond acceptors (Lipinski definition) is 3. The first-order valence-electron chi connectivity index (χ1n) is 6.16. The molecule has 1 N–H and O–H groups in total. The summed E-state index contributed by atoms with van der Waals surface area (Å²) >= 11 is 0. The standard InChI is InChI=1S/C12H23NO3/c1-13(7-3-2-4-12(14)15)10-11-5-8-16-9-6-11/h11H,2-10H2,1H3,(H,14,15). The molecular formula is C12H23NO3. The fourth-order valence-corrected chi connectivity index (χ4v) is 2.12. The molecule has 0 saturated carbocycles. The molecule has 4 heteroatoms. The van der Waals surface area contributed by atoms with Gasteiger partial charge in [-0.3, -0.25) is 4.79 Å². The van der Waals surface area contributed by atoms with E-state index < -0.39 is 5.97 Å². The lowest BCUT2D eigenvalue weighted by Gasteiger charge is -2.27. The Hall–Kier alpha value is -0.610. The highest BCUT2D eigenvalue weighted by Gasteiger charge is 2.15. The molecule has 0 spiro atoms. The molecule has 16 heavy (non-hydrogen) atoms. The van der Waals surface area contributed by atoms with E-state index in [1.54, 1.807) is 0 Å². The van der Waals surface area contributed by atoms with E-state index in [2.05, 4.69) is 11.9 Å². The van der Waals surface area contributed by atoms with Gasteiger partial charge in [0.15, 0.2) is 0 Å². The predicted molar refractivity (Wildman–Crippen MR) is 62.5 cm³/mol. The molecule has 94 valence electrons. The van der Waals surface area contributed by atoms with Crippen molar-refractivity contribution in [3.63, 3.8) is 0 Å². The molecule has 1 aliphatic heterocycles. The summed E-state index contributed by atoms with van der Waals surface area (Å²) in [6.45, 7) is 3.93. The fourth-order valence-electron chi connectivity index (χ4n) is 2.12. The number of rotatable bonds is 7. The molecule has 1 aliphatic rings. The van der Waals surface area contributed by atoms with Crippen LogP contribution in [0.2, 0.25) is 0 Å². The van der Waals surface area contributed by atoms with Crippen molar-refractivity contribution in [1.82, 2.24) is 4.90 Å². The van der Waals surface area contributed by atoms with E-state index in [-0.39, 0.29) is 0 Å². The Bertz CT molecular complexity index is 202. The number of ether oxygens (including phenoxy) is 1. The highest BCUT2D eigenvalue weighted by molar-refractivity contribution is 5.66. The van der Waals surface area contributed by atoms with Gasteiger partial charge in [0, 0.05) is 26.2 Å². The van der Waals surface area contributed by atoms with Crippen LogP contribution in [0.5, 0.6) is 0 Å². The van der Waals surface area contributed by atoms with Gasteiger partial charge in [0.2, 0.25) is 0 Å². The minimum absolute atomic E-state index is 0.297. The second kappa shape index (κ2) is 7.63. The Morgan fingerprint density at radius 1 is 1.38 bits per heavy atom. The van der Waals surface area contributed by atoms with Gasteiger partial charge >= 0.3 is 5.97 Å². The minimum Gasteiger partial charge on any atom is -0.481 e. The first kappa shape index (κ1) is 13.5. The van der Waals surface area contributed by atoms with Crippen LogP contribution in [0, 0.1) is 5.92 Å². The second-order valence-electron chi connectivity index (χ2n) is 4.67. The van der Waals surface area contributed by atoms with Crippen molar-refractivity contribution in [2.75, 3.05) is 33.4 Å². The van der Waals surface area contributed by atoms with Crippen molar-refractivity contribution < 1.29 is 14.6 Å². The summed E-state index contributed by atoms with van der Waals surface area (Å²) in [6, 6.07) is 0. The van der Waals surface area contributed by atoms with Crippen LogP contribution in [-0.4, -0.2) is 49.3 Å². The summed E-state index contributed by atoms with van der Waals surface area (Å²) in [5.41, 5.74) is 0. The van der Waals surface area contributed by atoms with Gasteiger partial charge in [0.25, 0.3) is 0 Å². The maximum absolute atomic E-state index is 10.3. The highest BCUT2D eigenvalue weighted by atomic mass is 16.5. The van der Waals surface area contributed by atoms with E-state index in [1.165, 1.54) is 12.8 Å². The Balaban J connectivity index is 2.01. The maximum atomic E-state index is 10.3. The van der Waals surface area contributed by atoms with Crippen LogP contribution in [0.3, 0.4) is 0 Å². The number of carbonyl (C=O) groups is 1. The highest BCUT2D eigenvalue weighted by Crippen LogP contribution is 2.15. The summed E-state index contributed by atoms with van der Waals surface area (Å²) in [7, 11) is 2.12. The topological polar surface area (TPSA) is 49.8 Å². The summed E-state index contributed by atoms with van der Waals surface area (Å²) < 4.78 is 5.32. The van der Waals surface area contributed by atoms with Gasteiger partial charge in [0.1, 0.15) is 0 Å². The van der Waals surface area contributed by atoms with Gasteiger partial charge in [-0.1, -0.05) is 0 Å². The molecule has 0 aromatic rings. The average molecular weight is 229 g/mol. The number of unbranched alkanes of at least 4 members (excludes halogenated alkanes) is 1. The van der Waals surface area contributed by atoms with Crippen LogP contribution < -0.4 is 0 Å². The molecule has 0 aromatic carbocycles. The van der Waals surface area contributed by atoms with Crippen LogP contribution >= 0.6 is 0 Å². The van der Waals surface area contributed by atoms with Crippen LogP contribution in [0.25, 0.3) is 0 Å². The van der Waals surface area contributed by atoms with Crippen molar-refractivity contribution >= 4 is 5.97 Å². The third-order valence-corrected chi connectivity index (χ3v) is 3.09. The molecule has 0 amide bonds. The average Bonchev–Trinajstić information content (AvgIpc) is 2.25. The van der Waals surface area contributed by atoms with Crippen molar-refractivity contribution in [1.29, 1.82) is 0 Å². The van der Waals surface area contributed by atoms with Gasteiger partial charge in [-0.25, -0.2) is 0 Å². The SMILES string of the molecule is CN(CCCCC(=O)O)CC1CCOCC1. The summed E-state index contributed by atoms with van der Waals surface area (Å²) in [5, 5.41) is 8.51. The molecule has 1 rings (SSSR count). The van der Waals surface area contributed by atoms with E-state index >= 15 is 0 Å². The molecule has 0 unspecified atom stereocenters. The Morgan fingerprint density at radius 2 is 2.06 bits per heavy atom. The molecular weight excluding hydrogens is 206 g/mol. The van der Waals surface area contributed by atoms with Crippen LogP contribution in [0.4, 0.5) is 0 Å². The zero-order valence-electron chi connectivity index (χ0n) is 10.2. The molecule has 1 fully saturated rings. The first-order chi connectivity index (χ1) is 7.68. The molecule has 1 saturated heterocycles. The lowest BCUT2D eigenvalue weighted by molar-refractivity contribution is -0.137. The third-order valence-electron chi connectivity index (χ3n) is 3.09. The van der Waals surface area contributed by atoms with Crippen molar-refractivity contribution in [2.24, 2.45) is 5.92 Å². The van der Waals surface area contributed by atoms with Crippen LogP contribution in [-0.2, 0) is 9.53 Å². The first-order valence-corrected chi connectivity index (χ1v) is 6.16. The van der Waals surface area contributed by atoms with Crippen molar-refractivity contribution in [2.45, 2.75) is 32.1 Å². The number of carboxylic acid groups (broad SMARTS) is 1. The fraction of sp³-hybridized carbons (Fsp3) is 0.917. The smallest absolute Gasteiger partial charge is 0.303 e. The number of nitrogens with zero attached hydrogens (tertiary/aromatic N) is 1. The molecule has 0 aromatic heterocycles. The predicted octanol–water partition coefficient (Wildman–Crippen LogP) is 1.60. The van der Waals surface area contributed by atoms with E-state index in [4.69, 9.17) is 9.84 Å². The zero-order valence-corrected chi connectivity index (χ0v) is 10.2. The van der Waals surface area contributed by atoms with Crippen molar-refractivity contribution in [3.05, 3.63) is 0 Å². The number of aliphatic carboxylic acids is 1. The van der Waals surface area contributed by atoms with Crippen LogP contribution in [0.1, 0.15) is 32.1 Å². The van der Waals surface area contributed by atoms with Crippen LogP contribution in [0.15, 0.2) is 0 Å². The normalized spacial score (nSPS) is 17.9. The molecule has 0 bridgehead atoms. The largest absolute Gasteiger partial charge is 0.481 e. The van der Waals surface area contributed by atoms with Gasteiger partial charge in [-0.2, -0.15) is 0 Å².